The fourth-order valence-corrected chi connectivity index (χ4v) is 5.46. The molecular weight excluding hydrogens is 430 g/mol. The molecule has 7 heteroatoms. The second-order valence-electron chi connectivity index (χ2n) is 8.38. The second-order valence-corrected chi connectivity index (χ2v) is 9.45. The van der Waals surface area contributed by atoms with Crippen LogP contribution >= 0.6 is 11.8 Å². The lowest BCUT2D eigenvalue weighted by molar-refractivity contribution is -0.131. The van der Waals surface area contributed by atoms with Gasteiger partial charge in [0, 0.05) is 19.5 Å². The predicted molar refractivity (Wildman–Crippen MR) is 132 cm³/mol. The Balaban J connectivity index is 1.41. The van der Waals surface area contributed by atoms with Gasteiger partial charge in [-0.1, -0.05) is 84.6 Å². The van der Waals surface area contributed by atoms with Gasteiger partial charge >= 0.3 is 0 Å². The zero-order chi connectivity index (χ0) is 22.6. The summed E-state index contributed by atoms with van der Waals surface area (Å²) in [4.78, 5) is 15.4. The maximum absolute atomic E-state index is 13.5. The Morgan fingerprint density at radius 3 is 2.45 bits per heavy atom. The average molecular weight is 458 g/mol. The molecule has 1 saturated heterocycles. The van der Waals surface area contributed by atoms with Gasteiger partial charge in [0.15, 0.2) is 5.82 Å². The first-order valence-corrected chi connectivity index (χ1v) is 12.2. The number of carbonyl (C=O) groups is 1. The van der Waals surface area contributed by atoms with E-state index in [1.54, 1.807) is 0 Å². The predicted octanol–water partition coefficient (Wildman–Crippen LogP) is 4.58. The van der Waals surface area contributed by atoms with Crippen LogP contribution < -0.4 is 5.84 Å². The molecule has 4 aromatic rings. The Kier molecular flexibility index (Phi) is 6.30. The molecule has 6 nitrogen and oxygen atoms in total. The number of benzene rings is 3. The number of carbonyl (C=O) groups excluding carboxylic acids is 1. The summed E-state index contributed by atoms with van der Waals surface area (Å²) >= 11 is 1.38. The standard InChI is InChI=1S/C26H27N5OS/c27-31-23(18-21-14-9-13-19-10-5-6-15-22(19)21)28-29-26(31)33-24(20-11-3-1-4-12-20)25(32)30-16-7-2-8-17-30/h1,3-6,9-15,24H,2,7-8,16-18,27H2/t24-/m1/s1. The van der Waals surface area contributed by atoms with Crippen LogP contribution in [0, 0.1) is 0 Å². The van der Waals surface area contributed by atoms with E-state index in [-0.39, 0.29) is 5.91 Å². The number of hydrogen-bond donors (Lipinski definition) is 1. The number of hydrogen-bond acceptors (Lipinski definition) is 5. The first-order valence-electron chi connectivity index (χ1n) is 11.4. The van der Waals surface area contributed by atoms with Crippen molar-refractivity contribution in [3.05, 3.63) is 89.7 Å². The van der Waals surface area contributed by atoms with Gasteiger partial charge in [-0.2, -0.15) is 0 Å². The van der Waals surface area contributed by atoms with Crippen LogP contribution in [0.4, 0.5) is 0 Å². The van der Waals surface area contributed by atoms with Gasteiger partial charge in [-0.05, 0) is 41.2 Å². The number of likely N-dealkylation sites (tertiary alicyclic amines) is 1. The number of piperidine rings is 1. The second kappa shape index (κ2) is 9.67. The van der Waals surface area contributed by atoms with Crippen molar-refractivity contribution in [3.8, 4) is 0 Å². The van der Waals surface area contributed by atoms with E-state index in [1.807, 2.05) is 53.4 Å². The van der Waals surface area contributed by atoms with Crippen molar-refractivity contribution in [1.29, 1.82) is 0 Å². The number of thioether (sulfide) groups is 1. The number of aromatic nitrogens is 3. The van der Waals surface area contributed by atoms with Crippen LogP contribution in [0.15, 0.2) is 78.0 Å². The van der Waals surface area contributed by atoms with E-state index in [0.29, 0.717) is 17.4 Å². The molecule has 1 aromatic heterocycles. The molecule has 168 valence electrons. The smallest absolute Gasteiger partial charge is 0.240 e. The Hall–Kier alpha value is -3.32. The van der Waals surface area contributed by atoms with Crippen molar-refractivity contribution >= 4 is 28.4 Å². The quantitative estimate of drug-likeness (QED) is 0.339. The van der Waals surface area contributed by atoms with E-state index < -0.39 is 5.25 Å². The fourth-order valence-electron chi connectivity index (χ4n) is 4.40. The zero-order valence-electron chi connectivity index (χ0n) is 18.4. The summed E-state index contributed by atoms with van der Waals surface area (Å²) in [5.41, 5.74) is 2.10. The van der Waals surface area contributed by atoms with Crippen LogP contribution in [0.2, 0.25) is 0 Å². The fraction of sp³-hybridized carbons (Fsp3) is 0.269. The van der Waals surface area contributed by atoms with Crippen molar-refractivity contribution < 1.29 is 4.79 Å². The lowest BCUT2D eigenvalue weighted by atomic mass is 10.0. The molecule has 0 radical (unpaired) electrons. The Morgan fingerprint density at radius 1 is 0.909 bits per heavy atom. The van der Waals surface area contributed by atoms with Crippen LogP contribution in [0.1, 0.15) is 41.5 Å². The summed E-state index contributed by atoms with van der Waals surface area (Å²) in [6.45, 7) is 1.62. The molecule has 0 unspecified atom stereocenters. The lowest BCUT2D eigenvalue weighted by Crippen LogP contribution is -2.38. The topological polar surface area (TPSA) is 77.0 Å². The SMILES string of the molecule is Nn1c(Cc2cccc3ccccc23)nnc1S[C@@H](C(=O)N1CCCCC1)c1ccccc1. The molecule has 1 fully saturated rings. The van der Waals surface area contributed by atoms with Crippen molar-refractivity contribution in [1.82, 2.24) is 19.8 Å². The molecule has 1 aliphatic rings. The zero-order valence-corrected chi connectivity index (χ0v) is 19.2. The van der Waals surface area contributed by atoms with Crippen LogP contribution in [-0.4, -0.2) is 38.8 Å². The Labute approximate surface area is 197 Å². The summed E-state index contributed by atoms with van der Waals surface area (Å²) in [6, 6.07) is 24.4. The van der Waals surface area contributed by atoms with Gasteiger partial charge in [0.2, 0.25) is 11.1 Å². The number of nitrogen functional groups attached to an aromatic ring is 1. The van der Waals surface area contributed by atoms with Gasteiger partial charge in [-0.3, -0.25) is 4.79 Å². The number of amides is 1. The van der Waals surface area contributed by atoms with Crippen molar-refractivity contribution in [3.63, 3.8) is 0 Å². The van der Waals surface area contributed by atoms with Gasteiger partial charge in [-0.25, -0.2) is 4.68 Å². The van der Waals surface area contributed by atoms with Crippen molar-refractivity contribution in [2.75, 3.05) is 18.9 Å². The summed E-state index contributed by atoms with van der Waals surface area (Å²) in [5.74, 6) is 7.23. The molecule has 1 atom stereocenters. The monoisotopic (exact) mass is 457 g/mol. The summed E-state index contributed by atoms with van der Waals surface area (Å²) < 4.78 is 1.53. The van der Waals surface area contributed by atoms with Gasteiger partial charge in [-0.15, -0.1) is 10.2 Å². The van der Waals surface area contributed by atoms with E-state index in [0.717, 1.165) is 37.1 Å². The van der Waals surface area contributed by atoms with E-state index in [2.05, 4.69) is 34.5 Å². The van der Waals surface area contributed by atoms with Crippen LogP contribution in [0.5, 0.6) is 0 Å². The summed E-state index contributed by atoms with van der Waals surface area (Å²) in [5, 5.41) is 11.3. The van der Waals surface area contributed by atoms with Crippen molar-refractivity contribution in [2.24, 2.45) is 0 Å². The molecule has 5 rings (SSSR count). The normalized spacial score (nSPS) is 15.0. The summed E-state index contributed by atoms with van der Waals surface area (Å²) in [7, 11) is 0. The molecule has 1 aliphatic heterocycles. The van der Waals surface area contributed by atoms with Gasteiger partial charge in [0.05, 0.1) is 0 Å². The highest BCUT2D eigenvalue weighted by Gasteiger charge is 2.30. The molecule has 0 saturated carbocycles. The minimum Gasteiger partial charge on any atom is -0.341 e. The van der Waals surface area contributed by atoms with E-state index >= 15 is 0 Å². The van der Waals surface area contributed by atoms with Crippen LogP contribution in [-0.2, 0) is 11.2 Å². The molecule has 1 amide bonds. The Bertz CT molecular complexity index is 1240. The average Bonchev–Trinajstić information content (AvgIpc) is 3.22. The van der Waals surface area contributed by atoms with Gasteiger partial charge in [0.25, 0.3) is 0 Å². The van der Waals surface area contributed by atoms with Gasteiger partial charge in [0.1, 0.15) is 5.25 Å². The minimum absolute atomic E-state index is 0.115. The number of rotatable bonds is 6. The third kappa shape index (κ3) is 4.59. The molecule has 0 aliphatic carbocycles. The van der Waals surface area contributed by atoms with Gasteiger partial charge < -0.3 is 10.7 Å². The Morgan fingerprint density at radius 2 is 1.64 bits per heavy atom. The van der Waals surface area contributed by atoms with E-state index in [9.17, 15) is 4.79 Å². The van der Waals surface area contributed by atoms with Crippen LogP contribution in [0.3, 0.4) is 0 Å². The lowest BCUT2D eigenvalue weighted by Gasteiger charge is -2.30. The largest absolute Gasteiger partial charge is 0.341 e. The molecule has 0 bridgehead atoms. The highest BCUT2D eigenvalue weighted by Crippen LogP contribution is 2.36. The molecule has 33 heavy (non-hydrogen) atoms. The molecule has 0 spiro atoms. The first kappa shape index (κ1) is 21.5. The number of fused-ring (bicyclic) bond motifs is 1. The number of nitrogens with two attached hydrogens (primary N) is 1. The maximum atomic E-state index is 13.5. The maximum Gasteiger partial charge on any atom is 0.240 e. The van der Waals surface area contributed by atoms with E-state index in [4.69, 9.17) is 5.84 Å². The molecule has 2 N–H and O–H groups in total. The van der Waals surface area contributed by atoms with E-state index in [1.165, 1.54) is 33.6 Å². The highest BCUT2D eigenvalue weighted by molar-refractivity contribution is 8.00. The minimum atomic E-state index is -0.402. The third-order valence-electron chi connectivity index (χ3n) is 6.18. The summed E-state index contributed by atoms with van der Waals surface area (Å²) in [6.07, 6.45) is 3.86. The molecule has 2 heterocycles. The third-order valence-corrected chi connectivity index (χ3v) is 7.38. The van der Waals surface area contributed by atoms with Crippen molar-refractivity contribution in [2.45, 2.75) is 36.1 Å². The molecule has 3 aromatic carbocycles. The first-order chi connectivity index (χ1) is 16.2. The number of nitrogens with zero attached hydrogens (tertiary/aromatic N) is 4. The highest BCUT2D eigenvalue weighted by atomic mass is 32.2. The van der Waals surface area contributed by atoms with Crippen LogP contribution in [0.25, 0.3) is 10.8 Å². The molecular formula is C26H27N5OS.